The number of methoxy groups -OCH3 is 1. The molecule has 2 aliphatic rings. The Morgan fingerprint density at radius 2 is 1.91 bits per heavy atom. The number of hydrogen-bond acceptors (Lipinski definition) is 4. The van der Waals surface area contributed by atoms with Crippen LogP contribution in [0.1, 0.15) is 50.6 Å². The van der Waals surface area contributed by atoms with Crippen LogP contribution in [0.4, 0.5) is 0 Å². The quantitative estimate of drug-likeness (QED) is 0.581. The van der Waals surface area contributed by atoms with Gasteiger partial charge in [-0.1, -0.05) is 24.8 Å². The van der Waals surface area contributed by atoms with Gasteiger partial charge in [-0.05, 0) is 65.4 Å². The van der Waals surface area contributed by atoms with Crippen molar-refractivity contribution in [3.05, 3.63) is 69.1 Å². The smallest absolute Gasteiger partial charge is 0.253 e. The lowest BCUT2D eigenvalue weighted by Gasteiger charge is -2.41. The first-order valence-electron chi connectivity index (χ1n) is 12.0. The molecule has 2 amide bonds. The van der Waals surface area contributed by atoms with Crippen LogP contribution in [0.3, 0.4) is 0 Å². The van der Waals surface area contributed by atoms with E-state index in [-0.39, 0.29) is 11.8 Å². The lowest BCUT2D eigenvalue weighted by atomic mass is 9.97. The molecule has 1 aliphatic heterocycles. The largest absolute Gasteiger partial charge is 0.383 e. The minimum absolute atomic E-state index is 0.106. The van der Waals surface area contributed by atoms with E-state index in [2.05, 4.69) is 28.9 Å². The van der Waals surface area contributed by atoms with Crippen LogP contribution in [0.25, 0.3) is 12.8 Å². The van der Waals surface area contributed by atoms with Crippen LogP contribution in [0.2, 0.25) is 0 Å². The van der Waals surface area contributed by atoms with Gasteiger partial charge in [0.25, 0.3) is 11.8 Å². The Bertz CT molecular complexity index is 1150. The Kier molecular flexibility index (Phi) is 7.37. The lowest BCUT2D eigenvalue weighted by molar-refractivity contribution is 0.0468. The third kappa shape index (κ3) is 5.68. The average Bonchev–Trinajstić information content (AvgIpc) is 3.63. The highest BCUT2D eigenvalue weighted by molar-refractivity contribution is 5.95. The van der Waals surface area contributed by atoms with Crippen LogP contribution >= 0.6 is 0 Å². The van der Waals surface area contributed by atoms with Gasteiger partial charge >= 0.3 is 0 Å². The standard InChI is InChI=1S/C28H35N3O3/c1-19-13-20(2)26(27(32)29-11-12-34-4)14-25(19)18-30(3)15-21-16-31(17-21)28(33)24-9-7-23(8-10-24)22-5-6-22/h7-10,13-14,18,21-22H,1,5-6,11-12,15-17H2,2-4H3,(H,29,32)/b25-18-. The first kappa shape index (κ1) is 24.0. The average molecular weight is 462 g/mol. The van der Waals surface area contributed by atoms with Crippen LogP contribution in [0.15, 0.2) is 36.4 Å². The highest BCUT2D eigenvalue weighted by atomic mass is 16.5. The van der Waals surface area contributed by atoms with Crippen LogP contribution < -0.4 is 15.8 Å². The van der Waals surface area contributed by atoms with Gasteiger partial charge < -0.3 is 19.9 Å². The summed E-state index contributed by atoms with van der Waals surface area (Å²) in [7, 11) is 3.64. The third-order valence-corrected chi connectivity index (χ3v) is 6.68. The number of nitrogens with zero attached hydrogens (tertiary/aromatic N) is 2. The summed E-state index contributed by atoms with van der Waals surface area (Å²) in [6.07, 6.45) is 4.58. The first-order chi connectivity index (χ1) is 16.4. The number of likely N-dealkylation sites (tertiary alicyclic amines) is 1. The summed E-state index contributed by atoms with van der Waals surface area (Å²) in [6.45, 7) is 9.39. The highest BCUT2D eigenvalue weighted by Gasteiger charge is 2.32. The Hall–Kier alpha value is -3.12. The second kappa shape index (κ2) is 10.4. The molecule has 6 heteroatoms. The van der Waals surface area contributed by atoms with E-state index in [1.165, 1.54) is 18.4 Å². The van der Waals surface area contributed by atoms with Crippen molar-refractivity contribution in [2.45, 2.75) is 25.7 Å². The van der Waals surface area contributed by atoms with Gasteiger partial charge in [0.2, 0.25) is 0 Å². The van der Waals surface area contributed by atoms with E-state index in [0.29, 0.717) is 30.6 Å². The number of ether oxygens (including phenoxy) is 1. The number of amides is 2. The second-order valence-electron chi connectivity index (χ2n) is 9.66. The SMILES string of the molecule is C=c1cc(C)c(C(=O)NCCOC)c/c1=C/N(C)CC1CN(C(=O)c2ccc(C3CC3)cc2)C1. The zero-order chi connectivity index (χ0) is 24.2. The molecule has 1 saturated carbocycles. The first-order valence-corrected chi connectivity index (χ1v) is 12.0. The van der Waals surface area contributed by atoms with Crippen molar-refractivity contribution in [2.75, 3.05) is 46.9 Å². The molecule has 34 heavy (non-hydrogen) atoms. The van der Waals surface area contributed by atoms with E-state index < -0.39 is 0 Å². The Morgan fingerprint density at radius 1 is 1.21 bits per heavy atom. The molecular weight excluding hydrogens is 426 g/mol. The minimum atomic E-state index is -0.106. The number of aryl methyl sites for hydroxylation is 1. The molecule has 2 fully saturated rings. The molecule has 6 nitrogen and oxygen atoms in total. The van der Waals surface area contributed by atoms with Crippen molar-refractivity contribution in [1.82, 2.24) is 15.1 Å². The van der Waals surface area contributed by atoms with Crippen LogP contribution in [0, 0.1) is 12.8 Å². The van der Waals surface area contributed by atoms with E-state index in [9.17, 15) is 9.59 Å². The number of carbonyl (C=O) groups is 2. The molecule has 1 N–H and O–H groups in total. The molecule has 2 aromatic carbocycles. The van der Waals surface area contributed by atoms with E-state index in [1.54, 1.807) is 7.11 Å². The van der Waals surface area contributed by atoms with Gasteiger partial charge in [0.05, 0.1) is 6.61 Å². The molecule has 180 valence electrons. The van der Waals surface area contributed by atoms with Gasteiger partial charge in [0.15, 0.2) is 0 Å². The van der Waals surface area contributed by atoms with Crippen molar-refractivity contribution in [1.29, 1.82) is 0 Å². The number of carbonyl (C=O) groups excluding carboxylic acids is 2. The highest BCUT2D eigenvalue weighted by Crippen LogP contribution is 2.40. The van der Waals surface area contributed by atoms with Crippen molar-refractivity contribution in [3.8, 4) is 0 Å². The summed E-state index contributed by atoms with van der Waals surface area (Å²) >= 11 is 0. The van der Waals surface area contributed by atoms with Gasteiger partial charge in [-0.25, -0.2) is 0 Å². The predicted molar refractivity (Wildman–Crippen MR) is 135 cm³/mol. The fourth-order valence-corrected chi connectivity index (χ4v) is 4.56. The summed E-state index contributed by atoms with van der Waals surface area (Å²) in [5.41, 5.74) is 3.68. The predicted octanol–water partition coefficient (Wildman–Crippen LogP) is 2.10. The van der Waals surface area contributed by atoms with Crippen molar-refractivity contribution in [2.24, 2.45) is 5.92 Å². The van der Waals surface area contributed by atoms with Gasteiger partial charge in [-0.2, -0.15) is 0 Å². The van der Waals surface area contributed by atoms with E-state index >= 15 is 0 Å². The van der Waals surface area contributed by atoms with Gasteiger partial charge in [0.1, 0.15) is 0 Å². The third-order valence-electron chi connectivity index (χ3n) is 6.68. The molecule has 0 bridgehead atoms. The maximum Gasteiger partial charge on any atom is 0.253 e. The van der Waals surface area contributed by atoms with E-state index in [4.69, 9.17) is 4.74 Å². The summed E-state index contributed by atoms with van der Waals surface area (Å²) in [4.78, 5) is 29.4. The number of hydrogen-bond donors (Lipinski definition) is 1. The number of rotatable bonds is 9. The molecular formula is C28H35N3O3. The van der Waals surface area contributed by atoms with Gasteiger partial charge in [-0.3, -0.25) is 9.59 Å². The zero-order valence-corrected chi connectivity index (χ0v) is 20.5. The van der Waals surface area contributed by atoms with Crippen molar-refractivity contribution < 1.29 is 14.3 Å². The molecule has 1 saturated heterocycles. The zero-order valence-electron chi connectivity index (χ0n) is 20.5. The Balaban J connectivity index is 1.33. The topological polar surface area (TPSA) is 61.9 Å². The van der Waals surface area contributed by atoms with Crippen LogP contribution in [0.5, 0.6) is 0 Å². The maximum absolute atomic E-state index is 12.8. The molecule has 4 rings (SSSR count). The molecule has 0 radical (unpaired) electrons. The number of benzene rings is 2. The molecule has 2 aromatic rings. The summed E-state index contributed by atoms with van der Waals surface area (Å²) in [5.74, 6) is 1.14. The lowest BCUT2D eigenvalue weighted by Crippen LogP contribution is -2.53. The number of nitrogens with one attached hydrogen (secondary N) is 1. The Labute approximate surface area is 201 Å². The maximum atomic E-state index is 12.8. The molecule has 0 aromatic heterocycles. The molecule has 0 unspecified atom stereocenters. The van der Waals surface area contributed by atoms with Crippen LogP contribution in [-0.4, -0.2) is 68.6 Å². The molecule has 1 aliphatic carbocycles. The summed E-state index contributed by atoms with van der Waals surface area (Å²) in [6, 6.07) is 12.0. The monoisotopic (exact) mass is 461 g/mol. The summed E-state index contributed by atoms with van der Waals surface area (Å²) < 4.78 is 5.01. The normalized spacial score (nSPS) is 16.3. The van der Waals surface area contributed by atoms with E-state index in [0.717, 1.165) is 41.2 Å². The van der Waals surface area contributed by atoms with Crippen LogP contribution in [-0.2, 0) is 4.74 Å². The second-order valence-corrected chi connectivity index (χ2v) is 9.66. The fraction of sp³-hybridized carbons (Fsp3) is 0.429. The van der Waals surface area contributed by atoms with E-state index in [1.807, 2.05) is 49.3 Å². The fourth-order valence-electron chi connectivity index (χ4n) is 4.56. The minimum Gasteiger partial charge on any atom is -0.383 e. The molecule has 0 atom stereocenters. The molecule has 1 heterocycles. The van der Waals surface area contributed by atoms with Gasteiger partial charge in [-0.15, -0.1) is 0 Å². The Morgan fingerprint density at radius 3 is 2.56 bits per heavy atom. The van der Waals surface area contributed by atoms with Gasteiger partial charge in [0, 0.05) is 63.6 Å². The van der Waals surface area contributed by atoms with Crippen molar-refractivity contribution >= 4 is 24.6 Å². The molecule has 0 spiro atoms. The van der Waals surface area contributed by atoms with Crippen molar-refractivity contribution in [3.63, 3.8) is 0 Å². The summed E-state index contributed by atoms with van der Waals surface area (Å²) in [5, 5.41) is 4.69.